The minimum absolute atomic E-state index is 0.107. The summed E-state index contributed by atoms with van der Waals surface area (Å²) in [5, 5.41) is 13.1. The molecular weight excluding hydrogens is 396 g/mol. The molecule has 2 heterocycles. The third-order valence-corrected chi connectivity index (χ3v) is 5.96. The number of nitrogens with one attached hydrogen (secondary N) is 1. The van der Waals surface area contributed by atoms with E-state index in [9.17, 15) is 9.59 Å². The molecule has 0 spiro atoms. The number of aliphatic hydroxyl groups excluding tert-OH is 1. The second kappa shape index (κ2) is 8.90. The first-order valence-corrected chi connectivity index (χ1v) is 10.4. The third-order valence-electron chi connectivity index (χ3n) is 4.50. The Bertz CT molecular complexity index is 1040. The van der Waals surface area contributed by atoms with Crippen molar-refractivity contribution in [3.63, 3.8) is 0 Å². The number of carbonyl (C=O) groups excluding carboxylic acids is 1. The van der Waals surface area contributed by atoms with E-state index in [4.69, 9.17) is 16.7 Å². The van der Waals surface area contributed by atoms with E-state index in [1.165, 1.54) is 0 Å². The summed E-state index contributed by atoms with van der Waals surface area (Å²) in [4.78, 5) is 27.6. The number of rotatable bonds is 7. The van der Waals surface area contributed by atoms with Gasteiger partial charge in [-0.3, -0.25) is 9.59 Å². The highest BCUT2D eigenvalue weighted by Gasteiger charge is 2.18. The Balaban J connectivity index is 1.93. The average molecular weight is 419 g/mol. The summed E-state index contributed by atoms with van der Waals surface area (Å²) in [6.45, 7) is 4.47. The van der Waals surface area contributed by atoms with Crippen LogP contribution in [0.4, 0.5) is 0 Å². The van der Waals surface area contributed by atoms with E-state index in [0.29, 0.717) is 29.8 Å². The summed E-state index contributed by atoms with van der Waals surface area (Å²) >= 11 is 7.43. The molecular formula is C21H23ClN2O3S. The number of thiophene rings is 1. The Labute approximate surface area is 172 Å². The van der Waals surface area contributed by atoms with Crippen LogP contribution < -0.4 is 10.7 Å². The Morgan fingerprint density at radius 1 is 1.29 bits per heavy atom. The molecule has 3 rings (SSSR count). The van der Waals surface area contributed by atoms with Crippen LogP contribution in [0.25, 0.3) is 10.2 Å². The Morgan fingerprint density at radius 3 is 2.64 bits per heavy atom. The fourth-order valence-corrected chi connectivity index (χ4v) is 4.42. The minimum atomic E-state index is -0.389. The number of hydrogen-bond acceptors (Lipinski definition) is 4. The van der Waals surface area contributed by atoms with Crippen LogP contribution in [-0.4, -0.2) is 22.2 Å². The highest BCUT2D eigenvalue weighted by atomic mass is 35.5. The average Bonchev–Trinajstić information content (AvgIpc) is 3.10. The van der Waals surface area contributed by atoms with Gasteiger partial charge in [-0.05, 0) is 50.5 Å². The van der Waals surface area contributed by atoms with E-state index >= 15 is 0 Å². The molecule has 0 aliphatic heterocycles. The van der Waals surface area contributed by atoms with Crippen LogP contribution in [0.2, 0.25) is 5.02 Å². The molecule has 3 aromatic rings. The molecule has 28 heavy (non-hydrogen) atoms. The Hall–Kier alpha value is -2.15. The molecule has 7 heteroatoms. The van der Waals surface area contributed by atoms with E-state index in [1.807, 2.05) is 36.6 Å². The van der Waals surface area contributed by atoms with Crippen molar-refractivity contribution in [2.75, 3.05) is 6.61 Å². The lowest BCUT2D eigenvalue weighted by atomic mass is 10.1. The van der Waals surface area contributed by atoms with Gasteiger partial charge in [0.2, 0.25) is 5.43 Å². The molecule has 0 radical (unpaired) electrons. The number of aryl methyl sites for hydroxylation is 1. The highest BCUT2D eigenvalue weighted by Crippen LogP contribution is 2.27. The van der Waals surface area contributed by atoms with Crippen molar-refractivity contribution in [3.05, 3.63) is 67.8 Å². The van der Waals surface area contributed by atoms with E-state index < -0.39 is 0 Å². The lowest BCUT2D eigenvalue weighted by Gasteiger charge is -2.14. The number of halogens is 1. The molecule has 2 N–H and O–H groups in total. The molecule has 0 saturated carbocycles. The van der Waals surface area contributed by atoms with Crippen LogP contribution >= 0.6 is 22.9 Å². The van der Waals surface area contributed by atoms with Crippen molar-refractivity contribution in [3.8, 4) is 0 Å². The number of aromatic nitrogens is 1. The number of carbonyl (C=O) groups is 1. The molecule has 1 aromatic carbocycles. The van der Waals surface area contributed by atoms with Crippen molar-refractivity contribution in [2.24, 2.45) is 0 Å². The van der Waals surface area contributed by atoms with Gasteiger partial charge < -0.3 is 15.0 Å². The van der Waals surface area contributed by atoms with Crippen molar-refractivity contribution in [2.45, 2.75) is 39.3 Å². The molecule has 148 valence electrons. The van der Waals surface area contributed by atoms with Crippen LogP contribution in [0.15, 0.2) is 41.3 Å². The maximum atomic E-state index is 13.0. The first-order valence-electron chi connectivity index (χ1n) is 9.21. The zero-order valence-corrected chi connectivity index (χ0v) is 17.4. The zero-order chi connectivity index (χ0) is 20.3. The second-order valence-electron chi connectivity index (χ2n) is 6.94. The number of hydrogen-bond donors (Lipinski definition) is 2. The molecule has 5 nitrogen and oxygen atoms in total. The summed E-state index contributed by atoms with van der Waals surface area (Å²) in [5.74, 6) is -0.389. The minimum Gasteiger partial charge on any atom is -0.396 e. The van der Waals surface area contributed by atoms with Gasteiger partial charge in [0.1, 0.15) is 10.4 Å². The number of pyridine rings is 1. The van der Waals surface area contributed by atoms with Crippen LogP contribution in [0.1, 0.15) is 47.1 Å². The van der Waals surface area contributed by atoms with Gasteiger partial charge >= 0.3 is 0 Å². The van der Waals surface area contributed by atoms with E-state index in [1.54, 1.807) is 29.7 Å². The SMILES string of the molecule is CC(C)n1cc(C(=O)NCc2ccc(Cl)cc2)c(=O)c2cc(CCCO)sc21. The van der Waals surface area contributed by atoms with E-state index in [-0.39, 0.29) is 29.5 Å². The number of benzene rings is 1. The number of amides is 1. The van der Waals surface area contributed by atoms with Gasteiger partial charge in [0.25, 0.3) is 5.91 Å². The van der Waals surface area contributed by atoms with Crippen LogP contribution in [-0.2, 0) is 13.0 Å². The summed E-state index contributed by atoms with van der Waals surface area (Å²) < 4.78 is 1.97. The normalized spacial score (nSPS) is 11.3. The molecule has 0 bridgehead atoms. The highest BCUT2D eigenvalue weighted by molar-refractivity contribution is 7.18. The summed E-state index contributed by atoms with van der Waals surface area (Å²) in [6.07, 6.45) is 3.02. The number of fused-ring (bicyclic) bond motifs is 1. The van der Waals surface area contributed by atoms with Crippen LogP contribution in [0.3, 0.4) is 0 Å². The first-order chi connectivity index (χ1) is 13.4. The third kappa shape index (κ3) is 4.46. The maximum Gasteiger partial charge on any atom is 0.257 e. The molecule has 0 atom stereocenters. The number of aliphatic hydroxyl groups is 1. The predicted octanol–water partition coefficient (Wildman–Crippen LogP) is 4.15. The van der Waals surface area contributed by atoms with Crippen LogP contribution in [0, 0.1) is 0 Å². The fraction of sp³-hybridized carbons (Fsp3) is 0.333. The summed E-state index contributed by atoms with van der Waals surface area (Å²) in [5.41, 5.74) is 0.790. The zero-order valence-electron chi connectivity index (χ0n) is 15.9. The lowest BCUT2D eigenvalue weighted by molar-refractivity contribution is 0.0949. The van der Waals surface area contributed by atoms with Crippen molar-refractivity contribution in [1.82, 2.24) is 9.88 Å². The summed E-state index contributed by atoms with van der Waals surface area (Å²) in [6, 6.07) is 9.16. The Morgan fingerprint density at radius 2 is 2.00 bits per heavy atom. The monoisotopic (exact) mass is 418 g/mol. The van der Waals surface area contributed by atoms with Crippen molar-refractivity contribution < 1.29 is 9.90 Å². The van der Waals surface area contributed by atoms with Gasteiger partial charge in [0.05, 0.1) is 5.39 Å². The van der Waals surface area contributed by atoms with Gasteiger partial charge in [-0.1, -0.05) is 23.7 Å². The largest absolute Gasteiger partial charge is 0.396 e. The molecule has 0 aliphatic carbocycles. The molecule has 0 aliphatic rings. The first kappa shape index (κ1) is 20.6. The van der Waals surface area contributed by atoms with E-state index in [0.717, 1.165) is 15.3 Å². The molecule has 0 saturated heterocycles. The van der Waals surface area contributed by atoms with Gasteiger partial charge in [0.15, 0.2) is 0 Å². The smallest absolute Gasteiger partial charge is 0.257 e. The van der Waals surface area contributed by atoms with Crippen molar-refractivity contribution in [1.29, 1.82) is 0 Å². The number of nitrogens with zero attached hydrogens (tertiary/aromatic N) is 1. The molecule has 2 aromatic heterocycles. The topological polar surface area (TPSA) is 71.3 Å². The quantitative estimate of drug-likeness (QED) is 0.605. The van der Waals surface area contributed by atoms with Crippen LogP contribution in [0.5, 0.6) is 0 Å². The predicted molar refractivity (Wildman–Crippen MR) is 114 cm³/mol. The fourth-order valence-electron chi connectivity index (χ4n) is 2.99. The molecule has 1 amide bonds. The van der Waals surface area contributed by atoms with Gasteiger partial charge in [-0.25, -0.2) is 0 Å². The van der Waals surface area contributed by atoms with Gasteiger partial charge in [-0.15, -0.1) is 11.3 Å². The molecule has 0 unspecified atom stereocenters. The maximum absolute atomic E-state index is 13.0. The lowest BCUT2D eigenvalue weighted by Crippen LogP contribution is -2.29. The summed E-state index contributed by atoms with van der Waals surface area (Å²) in [7, 11) is 0. The molecule has 0 fully saturated rings. The van der Waals surface area contributed by atoms with Gasteiger partial charge in [0, 0.05) is 35.3 Å². The van der Waals surface area contributed by atoms with E-state index in [2.05, 4.69) is 5.32 Å². The standard InChI is InChI=1S/C21H23ClN2O3S/c1-13(2)24-12-18(20(27)23-11-14-5-7-15(22)8-6-14)19(26)17-10-16(4-3-9-25)28-21(17)24/h5-8,10,12-13,25H,3-4,9,11H2,1-2H3,(H,23,27). The van der Waals surface area contributed by atoms with Gasteiger partial charge in [-0.2, -0.15) is 0 Å². The second-order valence-corrected chi connectivity index (χ2v) is 8.49. The van der Waals surface area contributed by atoms with Crippen molar-refractivity contribution >= 4 is 39.1 Å². The Kier molecular flexibility index (Phi) is 6.54.